The Balaban J connectivity index is 1.38. The van der Waals surface area contributed by atoms with E-state index in [-0.39, 0.29) is 12.4 Å². The maximum absolute atomic E-state index is 12.1. The zero-order valence-electron chi connectivity index (χ0n) is 15.8. The summed E-state index contributed by atoms with van der Waals surface area (Å²) in [5.74, 6) is -1.67. The van der Waals surface area contributed by atoms with Gasteiger partial charge in [-0.3, -0.25) is 10.1 Å². The first kappa shape index (κ1) is 19.6. The SMILES string of the molecule is CCOC(=O)c1ccc2nc(NC(=O)COC(=O)c3cc4ccccc4o3)sc2c1. The summed E-state index contributed by atoms with van der Waals surface area (Å²) in [6.07, 6.45) is 0. The number of aromatic nitrogens is 1. The maximum atomic E-state index is 12.1. The average Bonchev–Trinajstić information content (AvgIpc) is 3.35. The Morgan fingerprint density at radius 1 is 1.07 bits per heavy atom. The van der Waals surface area contributed by atoms with Crippen LogP contribution in [0.1, 0.15) is 27.8 Å². The Morgan fingerprint density at radius 2 is 1.90 bits per heavy atom. The summed E-state index contributed by atoms with van der Waals surface area (Å²) in [7, 11) is 0. The Bertz CT molecular complexity index is 1230. The Kier molecular flexibility index (Phi) is 5.44. The summed E-state index contributed by atoms with van der Waals surface area (Å²) in [5, 5.41) is 3.68. The second-order valence-electron chi connectivity index (χ2n) is 6.19. The highest BCUT2D eigenvalue weighted by atomic mass is 32.1. The van der Waals surface area contributed by atoms with E-state index in [0.29, 0.717) is 21.8 Å². The highest BCUT2D eigenvalue weighted by Crippen LogP contribution is 2.27. The summed E-state index contributed by atoms with van der Waals surface area (Å²) >= 11 is 1.20. The third kappa shape index (κ3) is 4.15. The molecule has 0 atom stereocenters. The lowest BCUT2D eigenvalue weighted by Gasteiger charge is -2.02. The van der Waals surface area contributed by atoms with Crippen molar-refractivity contribution in [2.24, 2.45) is 0 Å². The zero-order chi connectivity index (χ0) is 21.1. The van der Waals surface area contributed by atoms with Crippen LogP contribution >= 0.6 is 11.3 Å². The molecule has 0 radical (unpaired) electrons. The highest BCUT2D eigenvalue weighted by molar-refractivity contribution is 7.22. The number of fused-ring (bicyclic) bond motifs is 2. The molecule has 0 unspecified atom stereocenters. The van der Waals surface area contributed by atoms with Crippen molar-refractivity contribution in [1.82, 2.24) is 4.98 Å². The molecule has 4 rings (SSSR count). The quantitative estimate of drug-likeness (QED) is 0.466. The van der Waals surface area contributed by atoms with Gasteiger partial charge in [-0.2, -0.15) is 0 Å². The van der Waals surface area contributed by atoms with Crippen molar-refractivity contribution in [1.29, 1.82) is 0 Å². The van der Waals surface area contributed by atoms with E-state index < -0.39 is 24.5 Å². The van der Waals surface area contributed by atoms with Crippen molar-refractivity contribution in [3.63, 3.8) is 0 Å². The number of para-hydroxylation sites is 1. The van der Waals surface area contributed by atoms with Gasteiger partial charge in [-0.1, -0.05) is 29.5 Å². The van der Waals surface area contributed by atoms with Gasteiger partial charge in [-0.25, -0.2) is 14.6 Å². The van der Waals surface area contributed by atoms with Gasteiger partial charge < -0.3 is 13.9 Å². The van der Waals surface area contributed by atoms with E-state index in [1.54, 1.807) is 43.3 Å². The molecular weight excluding hydrogens is 408 g/mol. The van der Waals surface area contributed by atoms with Crippen molar-refractivity contribution >= 4 is 55.5 Å². The van der Waals surface area contributed by atoms with E-state index in [9.17, 15) is 14.4 Å². The molecule has 1 N–H and O–H groups in total. The molecule has 0 aliphatic carbocycles. The number of anilines is 1. The maximum Gasteiger partial charge on any atom is 0.374 e. The van der Waals surface area contributed by atoms with Crippen LogP contribution in [-0.2, 0) is 14.3 Å². The minimum atomic E-state index is -0.732. The fourth-order valence-electron chi connectivity index (χ4n) is 2.76. The summed E-state index contributed by atoms with van der Waals surface area (Å²) in [6, 6.07) is 13.7. The number of nitrogens with one attached hydrogen (secondary N) is 1. The Hall–Kier alpha value is -3.72. The van der Waals surface area contributed by atoms with Gasteiger partial charge in [0.1, 0.15) is 5.58 Å². The molecule has 0 aliphatic rings. The molecule has 30 heavy (non-hydrogen) atoms. The van der Waals surface area contributed by atoms with Gasteiger partial charge in [-0.05, 0) is 37.3 Å². The van der Waals surface area contributed by atoms with Crippen molar-refractivity contribution < 1.29 is 28.3 Å². The number of carbonyl (C=O) groups is 3. The monoisotopic (exact) mass is 424 g/mol. The van der Waals surface area contributed by atoms with Crippen LogP contribution in [0.25, 0.3) is 21.2 Å². The second kappa shape index (κ2) is 8.34. The largest absolute Gasteiger partial charge is 0.462 e. The van der Waals surface area contributed by atoms with Crippen molar-refractivity contribution in [2.75, 3.05) is 18.5 Å². The van der Waals surface area contributed by atoms with E-state index >= 15 is 0 Å². The standard InChI is InChI=1S/C21H16N2O6S/c1-2-27-19(25)13-7-8-14-17(10-13)30-21(22-14)23-18(24)11-28-20(26)16-9-12-5-3-4-6-15(12)29-16/h3-10H,2,11H2,1H3,(H,22,23,24). The van der Waals surface area contributed by atoms with E-state index in [1.165, 1.54) is 11.3 Å². The number of nitrogens with zero attached hydrogens (tertiary/aromatic N) is 1. The summed E-state index contributed by atoms with van der Waals surface area (Å²) in [5.41, 5.74) is 1.60. The van der Waals surface area contributed by atoms with Gasteiger partial charge in [-0.15, -0.1) is 0 Å². The molecule has 8 nitrogen and oxygen atoms in total. The first-order valence-corrected chi connectivity index (χ1v) is 9.88. The molecular formula is C21H16N2O6S. The highest BCUT2D eigenvalue weighted by Gasteiger charge is 2.16. The first-order valence-electron chi connectivity index (χ1n) is 9.07. The van der Waals surface area contributed by atoms with Gasteiger partial charge in [0.15, 0.2) is 11.7 Å². The average molecular weight is 424 g/mol. The number of esters is 2. The van der Waals surface area contributed by atoms with Gasteiger partial charge >= 0.3 is 11.9 Å². The molecule has 0 saturated carbocycles. The molecule has 0 saturated heterocycles. The third-order valence-corrected chi connectivity index (χ3v) is 5.04. The fraction of sp³-hybridized carbons (Fsp3) is 0.143. The van der Waals surface area contributed by atoms with Crippen LogP contribution in [0.3, 0.4) is 0 Å². The van der Waals surface area contributed by atoms with Crippen molar-refractivity contribution in [2.45, 2.75) is 6.92 Å². The first-order chi connectivity index (χ1) is 14.5. The lowest BCUT2D eigenvalue weighted by Crippen LogP contribution is -2.20. The molecule has 1 amide bonds. The van der Waals surface area contributed by atoms with E-state index in [4.69, 9.17) is 13.9 Å². The molecule has 2 aromatic carbocycles. The van der Waals surface area contributed by atoms with E-state index in [2.05, 4.69) is 10.3 Å². The number of hydrogen-bond acceptors (Lipinski definition) is 8. The minimum absolute atomic E-state index is 0.0236. The molecule has 0 spiro atoms. The molecule has 0 fully saturated rings. The van der Waals surface area contributed by atoms with Crippen LogP contribution in [0.15, 0.2) is 52.9 Å². The fourth-order valence-corrected chi connectivity index (χ4v) is 3.68. The van der Waals surface area contributed by atoms with Gasteiger partial charge in [0, 0.05) is 5.39 Å². The van der Waals surface area contributed by atoms with Crippen molar-refractivity contribution in [3.8, 4) is 0 Å². The number of rotatable bonds is 6. The van der Waals surface area contributed by atoms with E-state index in [0.717, 1.165) is 10.1 Å². The summed E-state index contributed by atoms with van der Waals surface area (Å²) in [4.78, 5) is 40.4. The van der Waals surface area contributed by atoms with Gasteiger partial charge in [0.2, 0.25) is 5.76 Å². The predicted octanol–water partition coefficient (Wildman–Crippen LogP) is 4.01. The molecule has 2 heterocycles. The molecule has 0 bridgehead atoms. The van der Waals surface area contributed by atoms with Crippen molar-refractivity contribution in [3.05, 3.63) is 59.9 Å². The number of thiazole rings is 1. The second-order valence-corrected chi connectivity index (χ2v) is 7.23. The number of carbonyl (C=O) groups excluding carboxylic acids is 3. The molecule has 2 aromatic heterocycles. The van der Waals surface area contributed by atoms with Crippen LogP contribution in [0.4, 0.5) is 5.13 Å². The Morgan fingerprint density at radius 3 is 2.70 bits per heavy atom. The van der Waals surface area contributed by atoms with Gasteiger partial charge in [0.05, 0.1) is 22.4 Å². The van der Waals surface area contributed by atoms with Gasteiger partial charge in [0.25, 0.3) is 5.91 Å². The number of ether oxygens (including phenoxy) is 2. The lowest BCUT2D eigenvalue weighted by molar-refractivity contribution is -0.119. The van der Waals surface area contributed by atoms with Crippen LogP contribution in [-0.4, -0.2) is 36.0 Å². The normalized spacial score (nSPS) is 10.8. The third-order valence-electron chi connectivity index (χ3n) is 4.11. The molecule has 9 heteroatoms. The molecule has 0 aliphatic heterocycles. The molecule has 152 valence electrons. The number of hydrogen-bond donors (Lipinski definition) is 1. The van der Waals surface area contributed by atoms with E-state index in [1.807, 2.05) is 12.1 Å². The van der Waals surface area contributed by atoms with Crippen LogP contribution < -0.4 is 5.32 Å². The minimum Gasteiger partial charge on any atom is -0.462 e. The number of benzene rings is 2. The zero-order valence-corrected chi connectivity index (χ0v) is 16.7. The Labute approximate surface area is 174 Å². The van der Waals surface area contributed by atoms with Crippen LogP contribution in [0, 0.1) is 0 Å². The molecule has 4 aromatic rings. The number of furan rings is 1. The summed E-state index contributed by atoms with van der Waals surface area (Å²) < 4.78 is 16.1. The topological polar surface area (TPSA) is 108 Å². The predicted molar refractivity (Wildman–Crippen MR) is 111 cm³/mol. The number of amides is 1. The lowest BCUT2D eigenvalue weighted by atomic mass is 10.2. The summed E-state index contributed by atoms with van der Waals surface area (Å²) in [6.45, 7) is 1.53. The van der Waals surface area contributed by atoms with Crippen LogP contribution in [0.5, 0.6) is 0 Å². The van der Waals surface area contributed by atoms with Crippen LogP contribution in [0.2, 0.25) is 0 Å². The smallest absolute Gasteiger partial charge is 0.374 e.